The van der Waals surface area contributed by atoms with Crippen LogP contribution in [0.15, 0.2) is 94.1 Å². The van der Waals surface area contributed by atoms with Gasteiger partial charge in [-0.25, -0.2) is 0 Å². The third kappa shape index (κ3) is 3.79. The molecule has 0 fully saturated rings. The number of hydrazone groups is 1. The summed E-state index contributed by atoms with van der Waals surface area (Å²) in [4.78, 5) is 15.8. The van der Waals surface area contributed by atoms with E-state index in [9.17, 15) is 18.0 Å². The van der Waals surface area contributed by atoms with Crippen molar-refractivity contribution in [3.63, 3.8) is 0 Å². The summed E-state index contributed by atoms with van der Waals surface area (Å²) in [5.74, 6) is -0.839. The lowest BCUT2D eigenvalue weighted by Crippen LogP contribution is -2.26. The summed E-state index contributed by atoms with van der Waals surface area (Å²) in [7, 11) is 1.88. The molecule has 5 rings (SSSR count). The van der Waals surface area contributed by atoms with Gasteiger partial charge in [0.25, 0.3) is 5.91 Å². The molecule has 0 aliphatic carbocycles. The van der Waals surface area contributed by atoms with E-state index >= 15 is 0 Å². The van der Waals surface area contributed by atoms with Crippen LogP contribution in [0.4, 0.5) is 24.5 Å². The van der Waals surface area contributed by atoms with Crippen molar-refractivity contribution in [2.45, 2.75) is 30.3 Å². The first kappa shape index (κ1) is 24.1. The van der Waals surface area contributed by atoms with Gasteiger partial charge in [0.05, 0.1) is 11.3 Å². The third-order valence-electron chi connectivity index (χ3n) is 6.67. The Morgan fingerprint density at radius 1 is 1.00 bits per heavy atom. The molecule has 2 aliphatic heterocycles. The van der Waals surface area contributed by atoms with E-state index in [1.807, 2.05) is 62.2 Å². The highest BCUT2D eigenvalue weighted by molar-refractivity contribution is 7.97. The monoisotopic (exact) mass is 508 g/mol. The van der Waals surface area contributed by atoms with E-state index in [0.29, 0.717) is 4.90 Å². The number of amides is 1. The van der Waals surface area contributed by atoms with Crippen molar-refractivity contribution in [3.8, 4) is 0 Å². The van der Waals surface area contributed by atoms with Crippen molar-refractivity contribution >= 4 is 45.7 Å². The number of carbonyl (C=O) groups is 1. The van der Waals surface area contributed by atoms with Crippen LogP contribution in [0.2, 0.25) is 0 Å². The Balaban J connectivity index is 1.58. The molecule has 0 saturated carbocycles. The Morgan fingerprint density at radius 3 is 2.36 bits per heavy atom. The maximum Gasteiger partial charge on any atom is 0.435 e. The number of alkyl halides is 3. The van der Waals surface area contributed by atoms with Gasteiger partial charge in [-0.05, 0) is 70.8 Å². The zero-order valence-electron chi connectivity index (χ0n) is 19.8. The molecule has 5 nitrogen and oxygen atoms in total. The molecule has 3 aromatic rings. The Bertz CT molecular complexity index is 1470. The first-order valence-electron chi connectivity index (χ1n) is 11.2. The molecule has 2 heterocycles. The number of rotatable bonds is 3. The summed E-state index contributed by atoms with van der Waals surface area (Å²) >= 11 is 1.00. The Kier molecular flexibility index (Phi) is 5.72. The molecule has 0 bridgehead atoms. The van der Waals surface area contributed by atoms with Crippen LogP contribution < -0.4 is 15.0 Å². The number of halogens is 3. The van der Waals surface area contributed by atoms with Crippen LogP contribution in [0.5, 0.6) is 0 Å². The minimum atomic E-state index is -4.79. The molecular formula is C27H23F3N4OS. The minimum absolute atomic E-state index is 0.229. The molecule has 2 N–H and O–H groups in total. The lowest BCUT2D eigenvalue weighted by molar-refractivity contribution is -0.114. The zero-order chi connectivity index (χ0) is 25.8. The second-order valence-corrected chi connectivity index (χ2v) is 9.88. The molecule has 3 aromatic carbocycles. The molecule has 1 amide bonds. The summed E-state index contributed by atoms with van der Waals surface area (Å²) in [6, 6.07) is 18.3. The number of hydrogen-bond acceptors (Lipinski definition) is 5. The first-order chi connectivity index (χ1) is 17.0. The first-order valence-corrected chi connectivity index (χ1v) is 12.1. The number of nitrogens with two attached hydrogens (primary N) is 1. The SMILES string of the molecule is CN1/C(=C/C=C2\C(=O)N(c3ccc(SN)cc3)N=C2C(F)(F)F)C(C)(C)c2c1ccc1ccccc21. The Morgan fingerprint density at radius 2 is 1.69 bits per heavy atom. The molecule has 36 heavy (non-hydrogen) atoms. The van der Waals surface area contributed by atoms with Crippen molar-refractivity contribution in [2.75, 3.05) is 17.0 Å². The van der Waals surface area contributed by atoms with Gasteiger partial charge in [0.1, 0.15) is 0 Å². The van der Waals surface area contributed by atoms with Crippen LogP contribution in [-0.4, -0.2) is 24.8 Å². The average molecular weight is 509 g/mol. The molecular weight excluding hydrogens is 485 g/mol. The van der Waals surface area contributed by atoms with Gasteiger partial charge in [0.15, 0.2) is 5.71 Å². The topological polar surface area (TPSA) is 61.9 Å². The van der Waals surface area contributed by atoms with E-state index in [4.69, 9.17) is 5.14 Å². The fourth-order valence-corrected chi connectivity index (χ4v) is 5.26. The van der Waals surface area contributed by atoms with Gasteiger partial charge in [0.2, 0.25) is 0 Å². The number of anilines is 2. The predicted molar refractivity (Wildman–Crippen MR) is 139 cm³/mol. The smallest absolute Gasteiger partial charge is 0.347 e. The molecule has 0 aromatic heterocycles. The lowest BCUT2D eigenvalue weighted by Gasteiger charge is -2.24. The molecule has 2 aliphatic rings. The molecule has 0 spiro atoms. The molecule has 184 valence electrons. The summed E-state index contributed by atoms with van der Waals surface area (Å²) in [6.07, 6.45) is -1.96. The summed E-state index contributed by atoms with van der Waals surface area (Å²) in [6.45, 7) is 4.06. The predicted octanol–water partition coefficient (Wildman–Crippen LogP) is 6.31. The highest BCUT2D eigenvalue weighted by atomic mass is 32.2. The quantitative estimate of drug-likeness (QED) is 0.333. The van der Waals surface area contributed by atoms with E-state index in [2.05, 4.69) is 5.10 Å². The van der Waals surface area contributed by atoms with Crippen LogP contribution in [0.1, 0.15) is 19.4 Å². The highest BCUT2D eigenvalue weighted by Gasteiger charge is 2.47. The third-order valence-corrected chi connectivity index (χ3v) is 7.21. The second-order valence-electron chi connectivity index (χ2n) is 9.17. The van der Waals surface area contributed by atoms with Crippen molar-refractivity contribution in [1.82, 2.24) is 0 Å². The van der Waals surface area contributed by atoms with Crippen molar-refractivity contribution in [3.05, 3.63) is 89.6 Å². The van der Waals surface area contributed by atoms with E-state index in [1.165, 1.54) is 18.2 Å². The normalized spacial score (nSPS) is 19.5. The molecule has 0 saturated heterocycles. The maximum absolute atomic E-state index is 13.9. The van der Waals surface area contributed by atoms with Crippen LogP contribution in [-0.2, 0) is 10.2 Å². The van der Waals surface area contributed by atoms with Crippen molar-refractivity contribution in [1.29, 1.82) is 0 Å². The molecule has 0 atom stereocenters. The lowest BCUT2D eigenvalue weighted by atomic mass is 9.81. The number of carbonyl (C=O) groups excluding carboxylic acids is 1. The van der Waals surface area contributed by atoms with Crippen LogP contribution in [0.3, 0.4) is 0 Å². The van der Waals surface area contributed by atoms with Crippen LogP contribution >= 0.6 is 11.9 Å². The Hall–Kier alpha value is -3.56. The number of allylic oxidation sites excluding steroid dienone is 3. The molecule has 0 radical (unpaired) electrons. The van der Waals surface area contributed by atoms with E-state index in [-0.39, 0.29) is 5.69 Å². The van der Waals surface area contributed by atoms with E-state index in [1.54, 1.807) is 18.2 Å². The number of nitrogens with zero attached hydrogens (tertiary/aromatic N) is 3. The molecule has 0 unspecified atom stereocenters. The van der Waals surface area contributed by atoms with Crippen LogP contribution in [0.25, 0.3) is 10.8 Å². The maximum atomic E-state index is 13.9. The summed E-state index contributed by atoms with van der Waals surface area (Å²) in [5.41, 5.74) is 0.848. The fourth-order valence-electron chi connectivity index (χ4n) is 4.97. The van der Waals surface area contributed by atoms with Crippen molar-refractivity contribution < 1.29 is 18.0 Å². The Labute approximate surface area is 210 Å². The summed E-state index contributed by atoms with van der Waals surface area (Å²) < 4.78 is 41.7. The van der Waals surface area contributed by atoms with Gasteiger partial charge in [-0.2, -0.15) is 23.3 Å². The van der Waals surface area contributed by atoms with Crippen LogP contribution in [0, 0.1) is 0 Å². The fraction of sp³-hybridized carbons (Fsp3) is 0.185. The summed E-state index contributed by atoms with van der Waals surface area (Å²) in [5, 5.41) is 12.1. The number of fused-ring (bicyclic) bond motifs is 3. The minimum Gasteiger partial charge on any atom is -0.347 e. The number of benzene rings is 3. The average Bonchev–Trinajstić information content (AvgIpc) is 3.28. The van der Waals surface area contributed by atoms with Gasteiger partial charge in [0, 0.05) is 28.7 Å². The standard InChI is InChI=1S/C27H23F3N4OS/c1-26(2)22(33(3)21-14-8-16-6-4-5-7-19(16)23(21)26)15-13-20-24(27(28,29)30)32-34(25(20)35)17-9-11-18(36-31)12-10-17/h4-15H,31H2,1-3H3/b20-13-,22-15+. The highest BCUT2D eigenvalue weighted by Crippen LogP contribution is 2.50. The van der Waals surface area contributed by atoms with Gasteiger partial charge in [-0.3, -0.25) is 9.93 Å². The molecule has 9 heteroatoms. The van der Waals surface area contributed by atoms with Gasteiger partial charge >= 0.3 is 6.18 Å². The second kappa shape index (κ2) is 8.53. The van der Waals surface area contributed by atoms with Gasteiger partial charge in [-0.1, -0.05) is 44.2 Å². The largest absolute Gasteiger partial charge is 0.435 e. The number of hydrogen-bond donors (Lipinski definition) is 1. The zero-order valence-corrected chi connectivity index (χ0v) is 20.6. The van der Waals surface area contributed by atoms with E-state index < -0.39 is 28.8 Å². The number of likely N-dealkylation sites (N-methyl/N-ethyl adjacent to an activating group) is 1. The van der Waals surface area contributed by atoms with Gasteiger partial charge in [-0.15, -0.1) is 0 Å². The van der Waals surface area contributed by atoms with Crippen molar-refractivity contribution in [2.24, 2.45) is 10.2 Å². The van der Waals surface area contributed by atoms with Gasteiger partial charge < -0.3 is 4.90 Å². The van der Waals surface area contributed by atoms with E-state index in [0.717, 1.165) is 44.7 Å².